The highest BCUT2D eigenvalue weighted by Crippen LogP contribution is 2.15. The molecule has 0 bridgehead atoms. The van der Waals surface area contributed by atoms with Gasteiger partial charge in [0, 0.05) is 5.56 Å². The fraction of sp³-hybridized carbons (Fsp3) is 0.364. The Bertz CT molecular complexity index is 315. The molecule has 0 spiro atoms. The Kier molecular flexibility index (Phi) is 3.12. The maximum absolute atomic E-state index is 11.3. The Morgan fingerprint density at radius 2 is 2.21 bits per heavy atom. The van der Waals surface area contributed by atoms with Crippen LogP contribution in [0, 0.1) is 5.41 Å². The van der Waals surface area contributed by atoms with Crippen molar-refractivity contribution in [3.63, 3.8) is 0 Å². The Hall–Kier alpha value is -1.51. The largest absolute Gasteiger partial charge is 0.472 e. The molecule has 0 atom stereocenters. The van der Waals surface area contributed by atoms with E-state index in [4.69, 9.17) is 9.15 Å². The van der Waals surface area contributed by atoms with Gasteiger partial charge < -0.3 is 9.15 Å². The third-order valence-corrected chi connectivity index (χ3v) is 1.59. The molecule has 0 aliphatic carbocycles. The molecule has 1 heterocycles. The maximum atomic E-state index is 11.3. The van der Waals surface area contributed by atoms with Gasteiger partial charge in [-0.25, -0.2) is 0 Å². The van der Waals surface area contributed by atoms with E-state index < -0.39 is 5.41 Å². The molecule has 14 heavy (non-hydrogen) atoms. The minimum Gasteiger partial charge on any atom is -0.472 e. The van der Waals surface area contributed by atoms with Crippen molar-refractivity contribution in [3.8, 4) is 0 Å². The predicted molar refractivity (Wildman–Crippen MR) is 53.3 cm³/mol. The third-order valence-electron chi connectivity index (χ3n) is 1.59. The minimum atomic E-state index is -0.471. The zero-order chi connectivity index (χ0) is 10.6. The number of rotatable bonds is 2. The van der Waals surface area contributed by atoms with E-state index in [9.17, 15) is 4.79 Å². The molecule has 1 rings (SSSR count). The molecule has 1 aromatic rings. The average molecular weight is 194 g/mol. The van der Waals surface area contributed by atoms with Crippen molar-refractivity contribution in [3.05, 3.63) is 30.4 Å². The number of hydrogen-bond acceptors (Lipinski definition) is 3. The highest BCUT2D eigenvalue weighted by molar-refractivity contribution is 5.76. The Morgan fingerprint density at radius 1 is 1.50 bits per heavy atom. The van der Waals surface area contributed by atoms with Gasteiger partial charge in [0.15, 0.2) is 0 Å². The molecule has 0 aromatic carbocycles. The topological polar surface area (TPSA) is 39.4 Å². The summed E-state index contributed by atoms with van der Waals surface area (Å²) in [6, 6.07) is 1.78. The van der Waals surface area contributed by atoms with Crippen molar-refractivity contribution in [2.45, 2.75) is 20.8 Å². The molecule has 0 radical (unpaired) electrons. The SMILES string of the molecule is CC(C)(C)C(=O)O/C=C/c1ccoc1. The zero-order valence-electron chi connectivity index (χ0n) is 8.61. The predicted octanol–water partition coefficient (Wildman–Crippen LogP) is 2.84. The van der Waals surface area contributed by atoms with E-state index in [2.05, 4.69) is 0 Å². The van der Waals surface area contributed by atoms with Crippen LogP contribution in [-0.4, -0.2) is 5.97 Å². The van der Waals surface area contributed by atoms with E-state index in [1.807, 2.05) is 0 Å². The lowest BCUT2D eigenvalue weighted by Gasteiger charge is -2.13. The summed E-state index contributed by atoms with van der Waals surface area (Å²) in [5.74, 6) is -0.253. The summed E-state index contributed by atoms with van der Waals surface area (Å²) < 4.78 is 9.77. The summed E-state index contributed by atoms with van der Waals surface area (Å²) >= 11 is 0. The highest BCUT2D eigenvalue weighted by atomic mass is 16.5. The van der Waals surface area contributed by atoms with Gasteiger partial charge in [-0.15, -0.1) is 0 Å². The summed E-state index contributed by atoms with van der Waals surface area (Å²) in [5, 5.41) is 0. The molecular formula is C11H14O3. The summed E-state index contributed by atoms with van der Waals surface area (Å²) in [6.45, 7) is 5.42. The summed E-state index contributed by atoms with van der Waals surface area (Å²) in [4.78, 5) is 11.3. The molecule has 0 aliphatic rings. The van der Waals surface area contributed by atoms with Crippen LogP contribution in [0.5, 0.6) is 0 Å². The normalized spacial score (nSPS) is 11.9. The van der Waals surface area contributed by atoms with Crippen LogP contribution in [0.4, 0.5) is 0 Å². The number of carbonyl (C=O) groups is 1. The summed E-state index contributed by atoms with van der Waals surface area (Å²) in [6.07, 6.45) is 6.18. The van der Waals surface area contributed by atoms with E-state index in [-0.39, 0.29) is 5.97 Å². The van der Waals surface area contributed by atoms with E-state index >= 15 is 0 Å². The number of ether oxygens (including phenoxy) is 1. The number of hydrogen-bond donors (Lipinski definition) is 0. The number of furan rings is 1. The number of esters is 1. The second-order valence-corrected chi connectivity index (χ2v) is 4.01. The van der Waals surface area contributed by atoms with E-state index in [1.54, 1.807) is 45.4 Å². The standard InChI is InChI=1S/C11H14O3/c1-11(2,3)10(12)14-7-5-9-4-6-13-8-9/h4-8H,1-3H3/b7-5+. The lowest BCUT2D eigenvalue weighted by atomic mass is 9.98. The molecule has 0 saturated heterocycles. The van der Waals surface area contributed by atoms with Gasteiger partial charge in [-0.3, -0.25) is 4.79 Å². The van der Waals surface area contributed by atoms with Crippen LogP contribution in [0.15, 0.2) is 29.3 Å². The molecule has 0 N–H and O–H groups in total. The van der Waals surface area contributed by atoms with Gasteiger partial charge in [-0.1, -0.05) is 0 Å². The Labute approximate surface area is 83.4 Å². The van der Waals surface area contributed by atoms with Gasteiger partial charge in [0.1, 0.15) is 0 Å². The van der Waals surface area contributed by atoms with Gasteiger partial charge in [0.25, 0.3) is 0 Å². The first-order valence-electron chi connectivity index (χ1n) is 4.40. The second-order valence-electron chi connectivity index (χ2n) is 4.01. The van der Waals surface area contributed by atoms with Crippen molar-refractivity contribution >= 4 is 12.0 Å². The van der Waals surface area contributed by atoms with Crippen molar-refractivity contribution < 1.29 is 13.9 Å². The van der Waals surface area contributed by atoms with Crippen LogP contribution in [0.3, 0.4) is 0 Å². The molecule has 3 nitrogen and oxygen atoms in total. The molecular weight excluding hydrogens is 180 g/mol. The van der Waals surface area contributed by atoms with Crippen LogP contribution >= 0.6 is 0 Å². The third kappa shape index (κ3) is 3.09. The van der Waals surface area contributed by atoms with Gasteiger partial charge in [-0.05, 0) is 32.9 Å². The lowest BCUT2D eigenvalue weighted by molar-refractivity contribution is -0.146. The van der Waals surface area contributed by atoms with Gasteiger partial charge >= 0.3 is 5.97 Å². The molecule has 0 aliphatic heterocycles. The maximum Gasteiger partial charge on any atom is 0.316 e. The van der Waals surface area contributed by atoms with E-state index in [0.717, 1.165) is 5.56 Å². The Balaban J connectivity index is 2.45. The van der Waals surface area contributed by atoms with Crippen molar-refractivity contribution in [1.82, 2.24) is 0 Å². The van der Waals surface area contributed by atoms with E-state index in [1.165, 1.54) is 6.26 Å². The van der Waals surface area contributed by atoms with Crippen LogP contribution in [0.1, 0.15) is 26.3 Å². The molecule has 0 saturated carbocycles. The second kappa shape index (κ2) is 4.13. The molecule has 76 valence electrons. The van der Waals surface area contributed by atoms with Crippen molar-refractivity contribution in [2.75, 3.05) is 0 Å². The fourth-order valence-corrected chi connectivity index (χ4v) is 0.721. The Morgan fingerprint density at radius 3 is 2.71 bits per heavy atom. The van der Waals surface area contributed by atoms with Gasteiger partial charge in [0.05, 0.1) is 24.2 Å². The number of carbonyl (C=O) groups excluding carboxylic acids is 1. The highest BCUT2D eigenvalue weighted by Gasteiger charge is 2.22. The van der Waals surface area contributed by atoms with Crippen LogP contribution in [0.2, 0.25) is 0 Å². The fourth-order valence-electron chi connectivity index (χ4n) is 0.721. The molecule has 0 unspecified atom stereocenters. The summed E-state index contributed by atoms with van der Waals surface area (Å²) in [7, 11) is 0. The van der Waals surface area contributed by atoms with Crippen LogP contribution in [0.25, 0.3) is 6.08 Å². The van der Waals surface area contributed by atoms with Crippen molar-refractivity contribution in [2.24, 2.45) is 5.41 Å². The van der Waals surface area contributed by atoms with Crippen LogP contribution in [-0.2, 0) is 9.53 Å². The van der Waals surface area contributed by atoms with Crippen LogP contribution < -0.4 is 0 Å². The molecule has 0 fully saturated rings. The average Bonchev–Trinajstić information content (AvgIpc) is 2.55. The monoisotopic (exact) mass is 194 g/mol. The van der Waals surface area contributed by atoms with Gasteiger partial charge in [-0.2, -0.15) is 0 Å². The van der Waals surface area contributed by atoms with E-state index in [0.29, 0.717) is 0 Å². The molecule has 1 aromatic heterocycles. The molecule has 0 amide bonds. The molecule has 3 heteroatoms. The summed E-state index contributed by atoms with van der Waals surface area (Å²) in [5.41, 5.74) is 0.396. The van der Waals surface area contributed by atoms with Gasteiger partial charge in [0.2, 0.25) is 0 Å². The first-order chi connectivity index (χ1) is 6.50. The minimum absolute atomic E-state index is 0.253. The first kappa shape index (κ1) is 10.6. The van der Waals surface area contributed by atoms with Crippen molar-refractivity contribution in [1.29, 1.82) is 0 Å². The lowest BCUT2D eigenvalue weighted by Crippen LogP contribution is -2.20. The quantitative estimate of drug-likeness (QED) is 0.536. The first-order valence-corrected chi connectivity index (χ1v) is 4.40. The zero-order valence-corrected chi connectivity index (χ0v) is 8.61. The smallest absolute Gasteiger partial charge is 0.316 e.